The maximum absolute atomic E-state index is 11.5. The van der Waals surface area contributed by atoms with Crippen molar-refractivity contribution in [2.24, 2.45) is 0 Å². The Morgan fingerprint density at radius 2 is 2.24 bits per heavy atom. The molecule has 0 aliphatic carbocycles. The molecule has 2 heterocycles. The molecule has 1 aromatic carbocycles. The van der Waals surface area contributed by atoms with Crippen LogP contribution in [0.3, 0.4) is 0 Å². The Kier molecular flexibility index (Phi) is 3.09. The van der Waals surface area contributed by atoms with Gasteiger partial charge in [-0.1, -0.05) is 6.07 Å². The normalized spacial score (nSPS) is 16.1. The molecule has 0 fully saturated rings. The zero-order chi connectivity index (χ0) is 15.0. The second-order valence-electron chi connectivity index (χ2n) is 4.68. The fourth-order valence-electron chi connectivity index (χ4n) is 2.31. The molecule has 1 aliphatic heterocycles. The van der Waals surface area contributed by atoms with E-state index in [0.29, 0.717) is 23.6 Å². The minimum atomic E-state index is -0.597. The van der Waals surface area contributed by atoms with Gasteiger partial charge in [-0.3, -0.25) is 0 Å². The smallest absolute Gasteiger partial charge is 0.347 e. The number of fused-ring (bicyclic) bond motifs is 1. The highest BCUT2D eigenvalue weighted by Gasteiger charge is 2.30. The van der Waals surface area contributed by atoms with Crippen molar-refractivity contribution in [1.29, 1.82) is 0 Å². The van der Waals surface area contributed by atoms with Crippen LogP contribution in [0.2, 0.25) is 0 Å². The monoisotopic (exact) mass is 286 g/mol. The Bertz CT molecular complexity index is 717. The van der Waals surface area contributed by atoms with Crippen molar-refractivity contribution < 1.29 is 14.3 Å². The largest absolute Gasteiger partial charge is 0.478 e. The summed E-state index contributed by atoms with van der Waals surface area (Å²) in [4.78, 5) is 19.4. The quantitative estimate of drug-likeness (QED) is 0.784. The molecule has 1 aliphatic rings. The summed E-state index contributed by atoms with van der Waals surface area (Å²) in [5.41, 5.74) is 13.8. The number of methoxy groups -OCH3 is 1. The molecule has 108 valence electrons. The van der Waals surface area contributed by atoms with Crippen LogP contribution in [-0.4, -0.2) is 29.2 Å². The number of nitrogen functional groups attached to an aromatic ring is 2. The molecule has 2 aromatic rings. The number of ether oxygens (including phenoxy) is 2. The Labute approximate surface area is 120 Å². The third-order valence-electron chi connectivity index (χ3n) is 3.35. The maximum atomic E-state index is 11.5. The highest BCUT2D eigenvalue weighted by molar-refractivity contribution is 5.78. The number of anilines is 2. The average molecular weight is 286 g/mol. The number of nitrogens with two attached hydrogens (primary N) is 2. The first-order valence-corrected chi connectivity index (χ1v) is 6.34. The van der Waals surface area contributed by atoms with E-state index in [4.69, 9.17) is 20.9 Å². The molecule has 21 heavy (non-hydrogen) atoms. The molecule has 0 spiro atoms. The van der Waals surface area contributed by atoms with E-state index in [9.17, 15) is 4.79 Å². The van der Waals surface area contributed by atoms with Gasteiger partial charge in [0.15, 0.2) is 6.10 Å². The van der Waals surface area contributed by atoms with Gasteiger partial charge >= 0.3 is 5.97 Å². The molecule has 1 unspecified atom stereocenters. The highest BCUT2D eigenvalue weighted by Crippen LogP contribution is 2.34. The van der Waals surface area contributed by atoms with Gasteiger partial charge in [-0.15, -0.1) is 0 Å². The summed E-state index contributed by atoms with van der Waals surface area (Å²) in [6, 6.07) is 5.54. The van der Waals surface area contributed by atoms with Crippen LogP contribution in [0.1, 0.15) is 5.56 Å². The SMILES string of the molecule is COC(=O)C1Cc2cc(-c3cnc(N)nc3N)ccc2O1. The molecule has 0 bridgehead atoms. The van der Waals surface area contributed by atoms with Gasteiger partial charge in [0.05, 0.1) is 7.11 Å². The first-order valence-electron chi connectivity index (χ1n) is 6.34. The second kappa shape index (κ2) is 4.93. The number of aromatic nitrogens is 2. The van der Waals surface area contributed by atoms with E-state index in [0.717, 1.165) is 11.1 Å². The summed E-state index contributed by atoms with van der Waals surface area (Å²) in [7, 11) is 1.34. The summed E-state index contributed by atoms with van der Waals surface area (Å²) in [5, 5.41) is 0. The molecular weight excluding hydrogens is 272 g/mol. The number of hydrogen-bond acceptors (Lipinski definition) is 7. The standard InChI is InChI=1S/C14H14N4O3/c1-20-13(19)11-5-8-4-7(2-3-10(8)21-11)9-6-17-14(16)18-12(9)15/h2-4,6,11H,5H2,1H3,(H4,15,16,17,18). The number of rotatable bonds is 2. The molecule has 3 rings (SSSR count). The number of carbonyl (C=O) groups excluding carboxylic acids is 1. The van der Waals surface area contributed by atoms with E-state index >= 15 is 0 Å². The van der Waals surface area contributed by atoms with Crippen LogP contribution in [-0.2, 0) is 16.0 Å². The van der Waals surface area contributed by atoms with Crippen molar-refractivity contribution in [2.45, 2.75) is 12.5 Å². The Hall–Kier alpha value is -2.83. The molecule has 7 heteroatoms. The Morgan fingerprint density at radius 3 is 2.95 bits per heavy atom. The lowest BCUT2D eigenvalue weighted by atomic mass is 10.0. The van der Waals surface area contributed by atoms with Crippen molar-refractivity contribution in [3.8, 4) is 16.9 Å². The minimum absolute atomic E-state index is 0.131. The van der Waals surface area contributed by atoms with Gasteiger partial charge in [0, 0.05) is 18.2 Å². The van der Waals surface area contributed by atoms with Crippen LogP contribution < -0.4 is 16.2 Å². The number of benzene rings is 1. The maximum Gasteiger partial charge on any atom is 0.347 e. The Morgan fingerprint density at radius 1 is 1.43 bits per heavy atom. The van der Waals surface area contributed by atoms with Crippen molar-refractivity contribution >= 4 is 17.7 Å². The van der Waals surface area contributed by atoms with E-state index in [1.54, 1.807) is 12.3 Å². The van der Waals surface area contributed by atoms with Gasteiger partial charge in [0.1, 0.15) is 11.6 Å². The molecular formula is C14H14N4O3. The van der Waals surface area contributed by atoms with Gasteiger partial charge in [-0.2, -0.15) is 4.98 Å². The molecule has 0 amide bonds. The summed E-state index contributed by atoms with van der Waals surface area (Å²) in [5.74, 6) is 0.726. The van der Waals surface area contributed by atoms with Gasteiger partial charge in [0.25, 0.3) is 0 Å². The number of hydrogen-bond donors (Lipinski definition) is 2. The molecule has 0 saturated heterocycles. The molecule has 1 atom stereocenters. The summed E-state index contributed by atoms with van der Waals surface area (Å²) in [6.45, 7) is 0. The topological polar surface area (TPSA) is 113 Å². The Balaban J connectivity index is 1.94. The van der Waals surface area contributed by atoms with Crippen molar-refractivity contribution in [2.75, 3.05) is 18.6 Å². The average Bonchev–Trinajstić information content (AvgIpc) is 2.89. The first kappa shape index (κ1) is 13.2. The van der Waals surface area contributed by atoms with Crippen LogP contribution in [0.15, 0.2) is 24.4 Å². The van der Waals surface area contributed by atoms with E-state index in [1.165, 1.54) is 7.11 Å². The fourth-order valence-corrected chi connectivity index (χ4v) is 2.31. The fraction of sp³-hybridized carbons (Fsp3) is 0.214. The number of esters is 1. The van der Waals surface area contributed by atoms with Crippen molar-refractivity contribution in [3.63, 3.8) is 0 Å². The zero-order valence-corrected chi connectivity index (χ0v) is 11.4. The lowest BCUT2D eigenvalue weighted by Gasteiger charge is -2.07. The van der Waals surface area contributed by atoms with E-state index in [-0.39, 0.29) is 11.9 Å². The highest BCUT2D eigenvalue weighted by atomic mass is 16.6. The molecule has 1 aromatic heterocycles. The van der Waals surface area contributed by atoms with Crippen molar-refractivity contribution in [3.05, 3.63) is 30.0 Å². The first-order chi connectivity index (χ1) is 10.1. The number of nitrogens with zero attached hydrogens (tertiary/aromatic N) is 2. The van der Waals surface area contributed by atoms with Crippen LogP contribution in [0.4, 0.5) is 11.8 Å². The van der Waals surface area contributed by atoms with Crippen LogP contribution >= 0.6 is 0 Å². The molecule has 7 nitrogen and oxygen atoms in total. The van der Waals surface area contributed by atoms with Gasteiger partial charge in [-0.25, -0.2) is 9.78 Å². The number of carbonyl (C=O) groups is 1. The lowest BCUT2D eigenvalue weighted by Crippen LogP contribution is -2.26. The van der Waals surface area contributed by atoms with Gasteiger partial charge < -0.3 is 20.9 Å². The summed E-state index contributed by atoms with van der Waals surface area (Å²) in [6.07, 6.45) is 1.44. The zero-order valence-electron chi connectivity index (χ0n) is 11.4. The van der Waals surface area contributed by atoms with E-state index in [1.807, 2.05) is 12.1 Å². The predicted octanol–water partition coefficient (Wildman–Crippen LogP) is 0.784. The van der Waals surface area contributed by atoms with Crippen LogP contribution in [0.5, 0.6) is 5.75 Å². The van der Waals surface area contributed by atoms with Crippen LogP contribution in [0, 0.1) is 0 Å². The van der Waals surface area contributed by atoms with Crippen molar-refractivity contribution in [1.82, 2.24) is 9.97 Å². The summed E-state index contributed by atoms with van der Waals surface area (Å²) >= 11 is 0. The van der Waals surface area contributed by atoms with Gasteiger partial charge in [-0.05, 0) is 23.3 Å². The second-order valence-corrected chi connectivity index (χ2v) is 4.68. The van der Waals surface area contributed by atoms with E-state index in [2.05, 4.69) is 9.97 Å². The lowest BCUT2D eigenvalue weighted by molar-refractivity contribution is -0.147. The molecule has 4 N–H and O–H groups in total. The molecule has 0 radical (unpaired) electrons. The summed E-state index contributed by atoms with van der Waals surface area (Å²) < 4.78 is 10.2. The third-order valence-corrected chi connectivity index (χ3v) is 3.35. The third kappa shape index (κ3) is 2.33. The molecule has 0 saturated carbocycles. The minimum Gasteiger partial charge on any atom is -0.478 e. The van der Waals surface area contributed by atoms with Gasteiger partial charge in [0.2, 0.25) is 5.95 Å². The van der Waals surface area contributed by atoms with Crippen LogP contribution in [0.25, 0.3) is 11.1 Å². The predicted molar refractivity (Wildman–Crippen MR) is 76.4 cm³/mol. The van der Waals surface area contributed by atoms with E-state index < -0.39 is 6.10 Å².